The van der Waals surface area contributed by atoms with Crippen LogP contribution < -0.4 is 10.2 Å². The van der Waals surface area contributed by atoms with E-state index in [1.54, 1.807) is 4.90 Å². The number of aliphatic hydroxyl groups excluding tert-OH is 1. The predicted molar refractivity (Wildman–Crippen MR) is 94.1 cm³/mol. The number of hydrogen-bond donors (Lipinski definition) is 2. The number of aliphatic hydroxyl groups is 1. The fraction of sp³-hybridized carbons (Fsp3) is 0.529. The van der Waals surface area contributed by atoms with Gasteiger partial charge >= 0.3 is 0 Å². The zero-order valence-corrected chi connectivity index (χ0v) is 14.6. The van der Waals surface area contributed by atoms with Gasteiger partial charge < -0.3 is 20.2 Å². The van der Waals surface area contributed by atoms with Crippen LogP contribution >= 0.6 is 11.6 Å². The Bertz CT molecular complexity index is 553. The number of anilines is 1. The summed E-state index contributed by atoms with van der Waals surface area (Å²) in [4.78, 5) is 28.0. The number of halogens is 1. The van der Waals surface area contributed by atoms with E-state index in [0.717, 1.165) is 18.8 Å². The molecule has 1 aromatic carbocycles. The fourth-order valence-corrected chi connectivity index (χ4v) is 2.81. The highest BCUT2D eigenvalue weighted by molar-refractivity contribution is 6.30. The number of hydrogen-bond acceptors (Lipinski definition) is 4. The first kappa shape index (κ1) is 18.5. The van der Waals surface area contributed by atoms with Crippen molar-refractivity contribution in [3.63, 3.8) is 0 Å². The van der Waals surface area contributed by atoms with E-state index < -0.39 is 5.92 Å². The third kappa shape index (κ3) is 4.85. The highest BCUT2D eigenvalue weighted by Crippen LogP contribution is 2.19. The molecule has 7 heteroatoms. The summed E-state index contributed by atoms with van der Waals surface area (Å²) in [6.45, 7) is 4.35. The lowest BCUT2D eigenvalue weighted by Crippen LogP contribution is -2.51. The van der Waals surface area contributed by atoms with Crippen LogP contribution in [0, 0.1) is 5.92 Å². The maximum atomic E-state index is 12.2. The molecule has 2 N–H and O–H groups in total. The number of amides is 2. The van der Waals surface area contributed by atoms with Gasteiger partial charge in [-0.05, 0) is 30.7 Å². The second-order valence-corrected chi connectivity index (χ2v) is 6.29. The van der Waals surface area contributed by atoms with Gasteiger partial charge in [0.05, 0.1) is 19.1 Å². The lowest BCUT2D eigenvalue weighted by Gasteiger charge is -2.36. The lowest BCUT2D eigenvalue weighted by molar-refractivity contribution is -0.134. The van der Waals surface area contributed by atoms with Gasteiger partial charge in [-0.3, -0.25) is 9.59 Å². The molecule has 0 aromatic heterocycles. The van der Waals surface area contributed by atoms with Crippen molar-refractivity contribution in [2.75, 3.05) is 44.2 Å². The number of benzene rings is 1. The second-order valence-electron chi connectivity index (χ2n) is 5.85. The number of carbonyl (C=O) groups excluding carboxylic acids is 2. The van der Waals surface area contributed by atoms with Crippen molar-refractivity contribution in [3.8, 4) is 0 Å². The Morgan fingerprint density at radius 2 is 1.83 bits per heavy atom. The second kappa shape index (κ2) is 8.89. The van der Waals surface area contributed by atoms with Crippen LogP contribution in [-0.4, -0.2) is 61.2 Å². The average Bonchev–Trinajstić information content (AvgIpc) is 2.61. The van der Waals surface area contributed by atoms with E-state index in [1.165, 1.54) is 0 Å². The van der Waals surface area contributed by atoms with Gasteiger partial charge in [-0.2, -0.15) is 0 Å². The molecule has 1 aliphatic rings. The molecular weight excluding hydrogens is 330 g/mol. The first-order chi connectivity index (χ1) is 11.5. The third-order valence-electron chi connectivity index (χ3n) is 4.32. The minimum absolute atomic E-state index is 0.0176. The van der Waals surface area contributed by atoms with Crippen LogP contribution in [0.25, 0.3) is 0 Å². The van der Waals surface area contributed by atoms with Crippen LogP contribution in [-0.2, 0) is 9.59 Å². The van der Waals surface area contributed by atoms with Crippen molar-refractivity contribution in [2.45, 2.75) is 13.3 Å². The van der Waals surface area contributed by atoms with Gasteiger partial charge in [-0.25, -0.2) is 0 Å². The molecule has 6 nitrogen and oxygen atoms in total. The number of piperazine rings is 1. The van der Waals surface area contributed by atoms with Crippen molar-refractivity contribution in [2.24, 2.45) is 5.92 Å². The summed E-state index contributed by atoms with van der Waals surface area (Å²) in [6, 6.07) is 7.66. The SMILES string of the molecule is CCC(CO)C(=O)NCC(=O)N1CCN(c2ccc(Cl)cc2)CC1. The summed E-state index contributed by atoms with van der Waals surface area (Å²) in [5.41, 5.74) is 1.09. The number of nitrogens with zero attached hydrogens (tertiary/aromatic N) is 2. The Hall–Kier alpha value is -1.79. The van der Waals surface area contributed by atoms with E-state index in [1.807, 2.05) is 31.2 Å². The Labute approximate surface area is 147 Å². The summed E-state index contributed by atoms with van der Waals surface area (Å²) in [5.74, 6) is -0.806. The molecule has 0 radical (unpaired) electrons. The molecule has 1 fully saturated rings. The van der Waals surface area contributed by atoms with Gasteiger partial charge in [-0.15, -0.1) is 0 Å². The zero-order chi connectivity index (χ0) is 17.5. The van der Waals surface area contributed by atoms with E-state index in [9.17, 15) is 9.59 Å². The maximum absolute atomic E-state index is 12.2. The van der Waals surface area contributed by atoms with Crippen molar-refractivity contribution in [1.29, 1.82) is 0 Å². The Morgan fingerprint density at radius 1 is 1.21 bits per heavy atom. The van der Waals surface area contributed by atoms with E-state index in [4.69, 9.17) is 16.7 Å². The number of nitrogens with one attached hydrogen (secondary N) is 1. The largest absolute Gasteiger partial charge is 0.396 e. The highest BCUT2D eigenvalue weighted by Gasteiger charge is 2.22. The quantitative estimate of drug-likeness (QED) is 0.804. The first-order valence-corrected chi connectivity index (χ1v) is 8.59. The third-order valence-corrected chi connectivity index (χ3v) is 4.57. The van der Waals surface area contributed by atoms with E-state index in [2.05, 4.69) is 10.2 Å². The zero-order valence-electron chi connectivity index (χ0n) is 13.9. The molecular formula is C17H24ClN3O3. The summed E-state index contributed by atoms with van der Waals surface area (Å²) < 4.78 is 0. The molecule has 132 valence electrons. The molecule has 0 bridgehead atoms. The standard InChI is InChI=1S/C17H24ClN3O3/c1-2-13(12-22)17(24)19-11-16(23)21-9-7-20(8-10-21)15-5-3-14(18)4-6-15/h3-6,13,22H,2,7-12H2,1H3,(H,19,24). The van der Waals surface area contributed by atoms with Gasteiger partial charge in [0.25, 0.3) is 0 Å². The van der Waals surface area contributed by atoms with Crippen LogP contribution in [0.4, 0.5) is 5.69 Å². The van der Waals surface area contributed by atoms with Gasteiger partial charge in [0.15, 0.2) is 0 Å². The van der Waals surface area contributed by atoms with Crippen LogP contribution in [0.2, 0.25) is 5.02 Å². The Balaban J connectivity index is 1.78. The molecule has 0 spiro atoms. The molecule has 1 atom stereocenters. The lowest BCUT2D eigenvalue weighted by atomic mass is 10.1. The topological polar surface area (TPSA) is 72.9 Å². The first-order valence-electron chi connectivity index (χ1n) is 8.22. The summed E-state index contributed by atoms with van der Waals surface area (Å²) in [6.07, 6.45) is 0.552. The molecule has 1 heterocycles. The molecule has 24 heavy (non-hydrogen) atoms. The highest BCUT2D eigenvalue weighted by atomic mass is 35.5. The molecule has 1 aliphatic heterocycles. The predicted octanol–water partition coefficient (Wildman–Crippen LogP) is 1.12. The van der Waals surface area contributed by atoms with Gasteiger partial charge in [0.2, 0.25) is 11.8 Å². The average molecular weight is 354 g/mol. The Morgan fingerprint density at radius 3 is 2.38 bits per heavy atom. The summed E-state index contributed by atoms with van der Waals surface area (Å²) >= 11 is 5.90. The number of carbonyl (C=O) groups is 2. The van der Waals surface area contributed by atoms with Crippen LogP contribution in [0.3, 0.4) is 0 Å². The van der Waals surface area contributed by atoms with Crippen molar-refractivity contribution in [1.82, 2.24) is 10.2 Å². The van der Waals surface area contributed by atoms with E-state index in [0.29, 0.717) is 24.5 Å². The summed E-state index contributed by atoms with van der Waals surface area (Å²) in [7, 11) is 0. The molecule has 0 saturated carbocycles. The molecule has 2 rings (SSSR count). The van der Waals surface area contributed by atoms with Crippen LogP contribution in [0.5, 0.6) is 0 Å². The minimum atomic E-state index is -0.445. The van der Waals surface area contributed by atoms with Crippen LogP contribution in [0.1, 0.15) is 13.3 Å². The van der Waals surface area contributed by atoms with E-state index >= 15 is 0 Å². The van der Waals surface area contributed by atoms with Crippen molar-refractivity contribution >= 4 is 29.1 Å². The monoisotopic (exact) mass is 353 g/mol. The van der Waals surface area contributed by atoms with Crippen LogP contribution in [0.15, 0.2) is 24.3 Å². The normalized spacial score (nSPS) is 16.0. The molecule has 1 unspecified atom stereocenters. The van der Waals surface area contributed by atoms with Gasteiger partial charge in [0.1, 0.15) is 0 Å². The smallest absolute Gasteiger partial charge is 0.242 e. The van der Waals surface area contributed by atoms with Gasteiger partial charge in [-0.1, -0.05) is 18.5 Å². The summed E-state index contributed by atoms with van der Waals surface area (Å²) in [5, 5.41) is 12.4. The van der Waals surface area contributed by atoms with Gasteiger partial charge in [0, 0.05) is 36.9 Å². The minimum Gasteiger partial charge on any atom is -0.396 e. The maximum Gasteiger partial charge on any atom is 0.242 e. The molecule has 1 saturated heterocycles. The molecule has 2 amide bonds. The Kier molecular flexibility index (Phi) is 6.87. The molecule has 0 aliphatic carbocycles. The molecule has 1 aromatic rings. The van der Waals surface area contributed by atoms with Crippen molar-refractivity contribution in [3.05, 3.63) is 29.3 Å². The van der Waals surface area contributed by atoms with Crippen molar-refractivity contribution < 1.29 is 14.7 Å². The number of rotatable bonds is 6. The fourth-order valence-electron chi connectivity index (χ4n) is 2.68. The van der Waals surface area contributed by atoms with E-state index in [-0.39, 0.29) is 25.0 Å².